The topological polar surface area (TPSA) is 98.1 Å². The van der Waals surface area contributed by atoms with Crippen molar-refractivity contribution < 1.29 is 9.53 Å². The molecule has 1 aromatic carbocycles. The number of aromatic nitrogens is 5. The van der Waals surface area contributed by atoms with Crippen LogP contribution in [0.15, 0.2) is 40.0 Å². The van der Waals surface area contributed by atoms with Gasteiger partial charge in [0.15, 0.2) is 15.1 Å². The molecule has 0 aliphatic carbocycles. The molecule has 1 fully saturated rings. The molecule has 4 aromatic rings. The minimum Gasteiger partial charge on any atom is -0.378 e. The largest absolute Gasteiger partial charge is 0.378 e. The SMILES string of the molecule is CCSc1nc(N2CCOCC2)c2cnn(CCNC(=O)CSc3nc4ccccc4s3)c2n1. The average Bonchev–Trinajstić information content (AvgIpc) is 3.47. The number of morpholine rings is 1. The van der Waals surface area contributed by atoms with Crippen molar-refractivity contribution in [2.45, 2.75) is 23.0 Å². The number of thioether (sulfide) groups is 2. The fourth-order valence-electron chi connectivity index (χ4n) is 3.69. The van der Waals surface area contributed by atoms with E-state index in [9.17, 15) is 4.79 Å². The molecule has 1 aliphatic heterocycles. The molecule has 0 spiro atoms. The second-order valence-electron chi connectivity index (χ2n) is 7.55. The van der Waals surface area contributed by atoms with Crippen molar-refractivity contribution in [2.75, 3.05) is 49.3 Å². The van der Waals surface area contributed by atoms with E-state index in [-0.39, 0.29) is 5.91 Å². The predicted octanol–water partition coefficient (Wildman–Crippen LogP) is 3.29. The normalized spacial score (nSPS) is 14.2. The van der Waals surface area contributed by atoms with Crippen LogP contribution >= 0.6 is 34.9 Å². The summed E-state index contributed by atoms with van der Waals surface area (Å²) in [4.78, 5) is 28.7. The first-order chi connectivity index (χ1) is 16.7. The molecule has 178 valence electrons. The monoisotopic (exact) mass is 515 g/mol. The van der Waals surface area contributed by atoms with E-state index in [0.29, 0.717) is 32.1 Å². The number of nitrogens with one attached hydrogen (secondary N) is 1. The molecule has 0 radical (unpaired) electrons. The number of nitrogens with zero attached hydrogens (tertiary/aromatic N) is 6. The number of carbonyl (C=O) groups excluding carboxylic acids is 1. The van der Waals surface area contributed by atoms with Gasteiger partial charge < -0.3 is 15.0 Å². The van der Waals surface area contributed by atoms with Gasteiger partial charge in [-0.2, -0.15) is 5.10 Å². The van der Waals surface area contributed by atoms with Crippen molar-refractivity contribution in [2.24, 2.45) is 0 Å². The van der Waals surface area contributed by atoms with Crippen molar-refractivity contribution >= 4 is 67.8 Å². The van der Waals surface area contributed by atoms with Gasteiger partial charge in [0, 0.05) is 19.6 Å². The summed E-state index contributed by atoms with van der Waals surface area (Å²) in [5, 5.41) is 9.21. The Kier molecular flexibility index (Phi) is 7.48. The van der Waals surface area contributed by atoms with E-state index >= 15 is 0 Å². The van der Waals surface area contributed by atoms with Gasteiger partial charge in [0.05, 0.1) is 47.3 Å². The number of para-hydroxylation sites is 1. The predicted molar refractivity (Wildman–Crippen MR) is 138 cm³/mol. The summed E-state index contributed by atoms with van der Waals surface area (Å²) >= 11 is 4.69. The quantitative estimate of drug-likeness (QED) is 0.266. The highest BCUT2D eigenvalue weighted by Crippen LogP contribution is 2.29. The Morgan fingerprint density at radius 3 is 2.85 bits per heavy atom. The summed E-state index contributed by atoms with van der Waals surface area (Å²) in [5.41, 5.74) is 1.77. The molecular weight excluding hydrogens is 490 g/mol. The molecule has 0 saturated carbocycles. The van der Waals surface area contributed by atoms with Gasteiger partial charge in [0.1, 0.15) is 5.82 Å². The van der Waals surface area contributed by atoms with Crippen LogP contribution < -0.4 is 10.2 Å². The smallest absolute Gasteiger partial charge is 0.230 e. The number of thiazole rings is 1. The van der Waals surface area contributed by atoms with Gasteiger partial charge in [-0.25, -0.2) is 19.6 Å². The lowest BCUT2D eigenvalue weighted by molar-refractivity contribution is -0.118. The molecule has 1 saturated heterocycles. The lowest BCUT2D eigenvalue weighted by atomic mass is 10.3. The summed E-state index contributed by atoms with van der Waals surface area (Å²) in [5.74, 6) is 2.11. The zero-order valence-corrected chi connectivity index (χ0v) is 21.2. The van der Waals surface area contributed by atoms with Crippen LogP contribution in [0.3, 0.4) is 0 Å². The standard InChI is InChI=1S/C22H25N7O2S3/c1-2-32-21-26-19(28-9-11-31-12-10-28)15-13-24-29(20(15)27-21)8-7-23-18(30)14-33-22-25-16-5-3-4-6-17(16)34-22/h3-6,13H,2,7-12,14H2,1H3,(H,23,30). The number of anilines is 1. The van der Waals surface area contributed by atoms with Gasteiger partial charge >= 0.3 is 0 Å². The fraction of sp³-hybridized carbons (Fsp3) is 0.409. The molecular formula is C22H25N7O2S3. The number of fused-ring (bicyclic) bond motifs is 2. The second-order valence-corrected chi connectivity index (χ2v) is 11.0. The molecule has 0 atom stereocenters. The number of amides is 1. The lowest BCUT2D eigenvalue weighted by Crippen LogP contribution is -2.37. The van der Waals surface area contributed by atoms with Crippen LogP contribution in [0.25, 0.3) is 21.3 Å². The van der Waals surface area contributed by atoms with E-state index in [1.807, 2.05) is 35.1 Å². The first kappa shape index (κ1) is 23.3. The van der Waals surface area contributed by atoms with Gasteiger partial charge in [-0.3, -0.25) is 4.79 Å². The van der Waals surface area contributed by atoms with Crippen LogP contribution in [0.2, 0.25) is 0 Å². The van der Waals surface area contributed by atoms with E-state index in [1.165, 1.54) is 11.8 Å². The maximum absolute atomic E-state index is 12.4. The molecule has 3 aromatic heterocycles. The Morgan fingerprint density at radius 2 is 2.03 bits per heavy atom. The van der Waals surface area contributed by atoms with Crippen molar-refractivity contribution in [1.29, 1.82) is 0 Å². The Morgan fingerprint density at radius 1 is 1.18 bits per heavy atom. The van der Waals surface area contributed by atoms with Crippen LogP contribution in [-0.2, 0) is 16.1 Å². The highest BCUT2D eigenvalue weighted by Gasteiger charge is 2.20. The maximum Gasteiger partial charge on any atom is 0.230 e. The van der Waals surface area contributed by atoms with Crippen LogP contribution in [0, 0.1) is 0 Å². The van der Waals surface area contributed by atoms with Gasteiger partial charge in [-0.15, -0.1) is 11.3 Å². The summed E-state index contributed by atoms with van der Waals surface area (Å²) in [6, 6.07) is 8.01. The van der Waals surface area contributed by atoms with Crippen LogP contribution in [0.1, 0.15) is 6.92 Å². The molecule has 34 heavy (non-hydrogen) atoms. The molecule has 12 heteroatoms. The lowest BCUT2D eigenvalue weighted by Gasteiger charge is -2.28. The number of benzene rings is 1. The van der Waals surface area contributed by atoms with E-state index in [4.69, 9.17) is 14.7 Å². The second kappa shape index (κ2) is 10.9. The molecule has 4 heterocycles. The van der Waals surface area contributed by atoms with E-state index < -0.39 is 0 Å². The Balaban J connectivity index is 1.21. The van der Waals surface area contributed by atoms with Gasteiger partial charge in [-0.1, -0.05) is 42.6 Å². The minimum atomic E-state index is -0.0217. The van der Waals surface area contributed by atoms with Crippen LogP contribution in [-0.4, -0.2) is 75.0 Å². The number of hydrogen-bond donors (Lipinski definition) is 1. The van der Waals surface area contributed by atoms with Crippen molar-refractivity contribution in [3.8, 4) is 0 Å². The molecule has 5 rings (SSSR count). The highest BCUT2D eigenvalue weighted by atomic mass is 32.2. The molecule has 1 N–H and O–H groups in total. The summed E-state index contributed by atoms with van der Waals surface area (Å²) in [6.07, 6.45) is 1.82. The highest BCUT2D eigenvalue weighted by molar-refractivity contribution is 8.01. The molecule has 0 unspecified atom stereocenters. The van der Waals surface area contributed by atoms with Crippen molar-refractivity contribution in [1.82, 2.24) is 30.0 Å². The Labute approximate surface area is 209 Å². The van der Waals surface area contributed by atoms with Gasteiger partial charge in [0.25, 0.3) is 0 Å². The van der Waals surface area contributed by atoms with Crippen LogP contribution in [0.4, 0.5) is 5.82 Å². The van der Waals surface area contributed by atoms with Crippen LogP contribution in [0.5, 0.6) is 0 Å². The number of ether oxygens (including phenoxy) is 1. The first-order valence-corrected chi connectivity index (χ1v) is 13.9. The van der Waals surface area contributed by atoms with E-state index in [0.717, 1.165) is 55.4 Å². The average molecular weight is 516 g/mol. The third-order valence-corrected chi connectivity index (χ3v) is 8.20. The number of carbonyl (C=O) groups is 1. The van der Waals surface area contributed by atoms with E-state index in [1.54, 1.807) is 23.1 Å². The Hall–Kier alpha value is -2.41. The third-order valence-electron chi connectivity index (χ3n) is 5.29. The zero-order valence-electron chi connectivity index (χ0n) is 18.8. The van der Waals surface area contributed by atoms with E-state index in [2.05, 4.69) is 27.2 Å². The summed E-state index contributed by atoms with van der Waals surface area (Å²) in [7, 11) is 0. The fourth-order valence-corrected chi connectivity index (χ4v) is 6.15. The molecule has 9 nitrogen and oxygen atoms in total. The summed E-state index contributed by atoms with van der Waals surface area (Å²) in [6.45, 7) is 6.09. The molecule has 1 aliphatic rings. The molecule has 1 amide bonds. The Bertz CT molecular complexity index is 1250. The maximum atomic E-state index is 12.4. The number of rotatable bonds is 9. The van der Waals surface area contributed by atoms with Crippen molar-refractivity contribution in [3.63, 3.8) is 0 Å². The third kappa shape index (κ3) is 5.29. The van der Waals surface area contributed by atoms with Crippen molar-refractivity contribution in [3.05, 3.63) is 30.5 Å². The molecule has 0 bridgehead atoms. The minimum absolute atomic E-state index is 0.0217. The van der Waals surface area contributed by atoms with Gasteiger partial charge in [0.2, 0.25) is 5.91 Å². The number of hydrogen-bond acceptors (Lipinski definition) is 10. The van der Waals surface area contributed by atoms with Gasteiger partial charge in [-0.05, 0) is 17.9 Å². The first-order valence-electron chi connectivity index (χ1n) is 11.2. The zero-order chi connectivity index (χ0) is 23.3. The summed E-state index contributed by atoms with van der Waals surface area (Å²) < 4.78 is 9.39.